The SMILES string of the molecule is C[C@@H]1C(=O)N2C(Cc3ccccc31)SC[C@H]2C. The van der Waals surface area contributed by atoms with E-state index in [4.69, 9.17) is 0 Å². The van der Waals surface area contributed by atoms with Gasteiger partial charge in [0, 0.05) is 18.2 Å². The smallest absolute Gasteiger partial charge is 0.231 e. The van der Waals surface area contributed by atoms with E-state index < -0.39 is 0 Å². The van der Waals surface area contributed by atoms with Crippen molar-refractivity contribution in [3.05, 3.63) is 35.4 Å². The molecule has 0 N–H and O–H groups in total. The fraction of sp³-hybridized carbons (Fsp3) is 0.500. The van der Waals surface area contributed by atoms with Crippen molar-refractivity contribution in [3.63, 3.8) is 0 Å². The van der Waals surface area contributed by atoms with Gasteiger partial charge in [0.15, 0.2) is 0 Å². The number of carbonyl (C=O) groups excluding carboxylic acids is 1. The lowest BCUT2D eigenvalue weighted by Crippen LogP contribution is -2.41. The van der Waals surface area contributed by atoms with E-state index in [2.05, 4.69) is 30.0 Å². The zero-order chi connectivity index (χ0) is 12.0. The molecule has 1 saturated heterocycles. The van der Waals surface area contributed by atoms with Gasteiger partial charge in [-0.3, -0.25) is 4.79 Å². The van der Waals surface area contributed by atoms with Crippen molar-refractivity contribution in [2.75, 3.05) is 5.75 Å². The molecule has 90 valence electrons. The minimum absolute atomic E-state index is 0.0114. The first-order chi connectivity index (χ1) is 8.18. The molecule has 0 saturated carbocycles. The van der Waals surface area contributed by atoms with Gasteiger partial charge in [-0.25, -0.2) is 0 Å². The van der Waals surface area contributed by atoms with Crippen molar-refractivity contribution in [1.29, 1.82) is 0 Å². The van der Waals surface area contributed by atoms with Crippen LogP contribution in [0, 0.1) is 0 Å². The number of fused-ring (bicyclic) bond motifs is 2. The van der Waals surface area contributed by atoms with E-state index in [-0.39, 0.29) is 5.92 Å². The van der Waals surface area contributed by atoms with Crippen LogP contribution in [0.2, 0.25) is 0 Å². The van der Waals surface area contributed by atoms with E-state index in [0.717, 1.165) is 12.2 Å². The summed E-state index contributed by atoms with van der Waals surface area (Å²) in [5.41, 5.74) is 2.57. The molecule has 0 aromatic heterocycles. The van der Waals surface area contributed by atoms with Crippen molar-refractivity contribution >= 4 is 17.7 Å². The Bertz CT molecular complexity index is 459. The maximum atomic E-state index is 12.5. The summed E-state index contributed by atoms with van der Waals surface area (Å²) in [4.78, 5) is 14.6. The zero-order valence-corrected chi connectivity index (χ0v) is 11.0. The monoisotopic (exact) mass is 247 g/mol. The van der Waals surface area contributed by atoms with Gasteiger partial charge in [-0.15, -0.1) is 11.8 Å². The molecule has 1 unspecified atom stereocenters. The maximum Gasteiger partial charge on any atom is 0.231 e. The fourth-order valence-corrected chi connectivity index (χ4v) is 4.33. The molecule has 1 aromatic carbocycles. The highest BCUT2D eigenvalue weighted by Crippen LogP contribution is 2.38. The van der Waals surface area contributed by atoms with Gasteiger partial charge < -0.3 is 4.90 Å². The van der Waals surface area contributed by atoms with Gasteiger partial charge in [0.05, 0.1) is 11.3 Å². The lowest BCUT2D eigenvalue weighted by molar-refractivity contribution is -0.133. The second-order valence-corrected chi connectivity index (χ2v) is 6.22. The van der Waals surface area contributed by atoms with Gasteiger partial charge in [0.2, 0.25) is 5.91 Å². The predicted octanol–water partition coefficient (Wildman–Crippen LogP) is 2.64. The molecule has 0 bridgehead atoms. The van der Waals surface area contributed by atoms with Crippen LogP contribution in [0.15, 0.2) is 24.3 Å². The number of hydrogen-bond donors (Lipinski definition) is 0. The molecule has 1 aromatic rings. The van der Waals surface area contributed by atoms with Crippen molar-refractivity contribution in [3.8, 4) is 0 Å². The highest BCUT2D eigenvalue weighted by molar-refractivity contribution is 8.00. The van der Waals surface area contributed by atoms with Gasteiger partial charge >= 0.3 is 0 Å². The molecule has 0 radical (unpaired) electrons. The van der Waals surface area contributed by atoms with Gasteiger partial charge in [0.25, 0.3) is 0 Å². The third kappa shape index (κ3) is 1.68. The average Bonchev–Trinajstić information content (AvgIpc) is 2.64. The van der Waals surface area contributed by atoms with Crippen LogP contribution in [0.3, 0.4) is 0 Å². The number of rotatable bonds is 0. The Kier molecular flexibility index (Phi) is 2.66. The molecule has 17 heavy (non-hydrogen) atoms. The number of carbonyl (C=O) groups is 1. The topological polar surface area (TPSA) is 20.3 Å². The Morgan fingerprint density at radius 3 is 2.88 bits per heavy atom. The Balaban J connectivity index is 2.06. The summed E-state index contributed by atoms with van der Waals surface area (Å²) in [6.07, 6.45) is 1.00. The lowest BCUT2D eigenvalue weighted by atomic mass is 9.95. The maximum absolute atomic E-state index is 12.5. The van der Waals surface area contributed by atoms with Crippen LogP contribution >= 0.6 is 11.8 Å². The van der Waals surface area contributed by atoms with Crippen molar-refractivity contribution in [2.45, 2.75) is 37.6 Å². The molecule has 2 heterocycles. The van der Waals surface area contributed by atoms with Gasteiger partial charge in [-0.2, -0.15) is 0 Å². The van der Waals surface area contributed by atoms with Crippen LogP contribution in [-0.2, 0) is 11.2 Å². The zero-order valence-electron chi connectivity index (χ0n) is 10.2. The van der Waals surface area contributed by atoms with Gasteiger partial charge in [-0.1, -0.05) is 24.3 Å². The van der Waals surface area contributed by atoms with Crippen LogP contribution in [-0.4, -0.2) is 28.0 Å². The first kappa shape index (κ1) is 11.1. The van der Waals surface area contributed by atoms with Crippen LogP contribution in [0.25, 0.3) is 0 Å². The van der Waals surface area contributed by atoms with Crippen LogP contribution in [0.1, 0.15) is 30.9 Å². The summed E-state index contributed by atoms with van der Waals surface area (Å²) in [6.45, 7) is 4.20. The fourth-order valence-electron chi connectivity index (χ4n) is 2.90. The van der Waals surface area contributed by atoms with E-state index >= 15 is 0 Å². The minimum Gasteiger partial charge on any atom is -0.326 e. The summed E-state index contributed by atoms with van der Waals surface area (Å²) in [5, 5.41) is 0.351. The Morgan fingerprint density at radius 1 is 1.29 bits per heavy atom. The molecule has 2 nitrogen and oxygen atoms in total. The molecular weight excluding hydrogens is 230 g/mol. The van der Waals surface area contributed by atoms with Gasteiger partial charge in [-0.05, 0) is 25.0 Å². The van der Waals surface area contributed by atoms with Crippen molar-refractivity contribution in [2.24, 2.45) is 0 Å². The molecule has 3 rings (SSSR count). The van der Waals surface area contributed by atoms with E-state index in [9.17, 15) is 4.79 Å². The largest absolute Gasteiger partial charge is 0.326 e. The first-order valence-corrected chi connectivity index (χ1v) is 7.25. The number of benzene rings is 1. The minimum atomic E-state index is 0.0114. The normalized spacial score (nSPS) is 32.0. The van der Waals surface area contributed by atoms with Crippen molar-refractivity contribution < 1.29 is 4.79 Å². The molecule has 1 amide bonds. The first-order valence-electron chi connectivity index (χ1n) is 6.20. The Labute approximate surface area is 106 Å². The second-order valence-electron chi connectivity index (χ2n) is 5.01. The summed E-state index contributed by atoms with van der Waals surface area (Å²) in [6, 6.07) is 8.78. The number of amides is 1. The van der Waals surface area contributed by atoms with E-state index in [1.54, 1.807) is 0 Å². The van der Waals surface area contributed by atoms with Crippen LogP contribution in [0.5, 0.6) is 0 Å². The summed E-state index contributed by atoms with van der Waals surface area (Å²) in [5.74, 6) is 1.39. The van der Waals surface area contributed by atoms with Crippen LogP contribution < -0.4 is 0 Å². The summed E-state index contributed by atoms with van der Waals surface area (Å²) >= 11 is 1.92. The van der Waals surface area contributed by atoms with E-state index in [0.29, 0.717) is 17.3 Å². The molecule has 0 spiro atoms. The molecule has 3 heteroatoms. The molecule has 1 fully saturated rings. The predicted molar refractivity (Wildman–Crippen MR) is 71.1 cm³/mol. The molecule has 2 aliphatic heterocycles. The molecule has 2 aliphatic rings. The molecular formula is C14H17NOS. The van der Waals surface area contributed by atoms with E-state index in [1.165, 1.54) is 11.1 Å². The van der Waals surface area contributed by atoms with Gasteiger partial charge in [0.1, 0.15) is 0 Å². The average molecular weight is 247 g/mol. The highest BCUT2D eigenvalue weighted by atomic mass is 32.2. The van der Waals surface area contributed by atoms with Crippen LogP contribution in [0.4, 0.5) is 0 Å². The number of nitrogens with zero attached hydrogens (tertiary/aromatic N) is 1. The Morgan fingerprint density at radius 2 is 2.06 bits per heavy atom. The summed E-state index contributed by atoms with van der Waals surface area (Å²) in [7, 11) is 0. The number of hydrogen-bond acceptors (Lipinski definition) is 2. The second kappa shape index (κ2) is 4.05. The number of thioether (sulfide) groups is 1. The lowest BCUT2D eigenvalue weighted by Gasteiger charge is -2.27. The third-order valence-corrected chi connectivity index (χ3v) is 5.31. The molecule has 3 atom stereocenters. The summed E-state index contributed by atoms with van der Waals surface area (Å²) < 4.78 is 0. The molecule has 0 aliphatic carbocycles. The highest BCUT2D eigenvalue weighted by Gasteiger charge is 2.40. The quantitative estimate of drug-likeness (QED) is 0.702. The third-order valence-electron chi connectivity index (χ3n) is 3.86. The Hall–Kier alpha value is -0.960. The van der Waals surface area contributed by atoms with E-state index in [1.807, 2.05) is 24.8 Å². The standard InChI is InChI=1S/C14H17NOS/c1-9-8-17-13-7-11-5-3-4-6-12(11)10(2)14(16)15(9)13/h3-6,9-10,13H,7-8H2,1-2H3/t9-,10+,13?/m1/s1. The van der Waals surface area contributed by atoms with Crippen molar-refractivity contribution in [1.82, 2.24) is 4.90 Å².